The first-order chi connectivity index (χ1) is 14.2. The number of aromatic amines is 1. The van der Waals surface area contributed by atoms with Crippen molar-refractivity contribution in [1.82, 2.24) is 25.0 Å². The Bertz CT molecular complexity index is 1210. The molecular formula is C22H19N7. The third-order valence-corrected chi connectivity index (χ3v) is 5.39. The second-order valence-electron chi connectivity index (χ2n) is 7.30. The topological polar surface area (TPSA) is 86.4 Å². The highest BCUT2D eigenvalue weighted by Crippen LogP contribution is 2.40. The van der Waals surface area contributed by atoms with Crippen LogP contribution in [0.25, 0.3) is 16.8 Å². The predicted molar refractivity (Wildman–Crippen MR) is 110 cm³/mol. The number of hydrogen-bond acceptors (Lipinski definition) is 5. The Morgan fingerprint density at radius 3 is 2.62 bits per heavy atom. The highest BCUT2D eigenvalue weighted by atomic mass is 15.3. The van der Waals surface area contributed by atoms with Gasteiger partial charge in [0.1, 0.15) is 11.6 Å². The zero-order valence-corrected chi connectivity index (χ0v) is 16.2. The molecule has 1 aliphatic heterocycles. The molecule has 1 N–H and O–H groups in total. The summed E-state index contributed by atoms with van der Waals surface area (Å²) in [5.74, 6) is 2.00. The average molecular weight is 381 g/mol. The van der Waals surface area contributed by atoms with Gasteiger partial charge in [-0.2, -0.15) is 10.4 Å². The molecule has 7 nitrogen and oxygen atoms in total. The maximum atomic E-state index is 9.16. The summed E-state index contributed by atoms with van der Waals surface area (Å²) in [7, 11) is 0. The Balaban J connectivity index is 1.74. The third kappa shape index (κ3) is 2.77. The Labute approximate surface area is 168 Å². The average Bonchev–Trinajstić information content (AvgIpc) is 3.39. The van der Waals surface area contributed by atoms with Gasteiger partial charge in [0.2, 0.25) is 0 Å². The molecule has 1 atom stereocenters. The van der Waals surface area contributed by atoms with E-state index in [0.717, 1.165) is 46.4 Å². The molecule has 0 saturated heterocycles. The summed E-state index contributed by atoms with van der Waals surface area (Å²) in [6, 6.07) is 16.3. The first-order valence-corrected chi connectivity index (χ1v) is 9.49. The maximum absolute atomic E-state index is 9.16. The summed E-state index contributed by atoms with van der Waals surface area (Å²) >= 11 is 0. The fourth-order valence-electron chi connectivity index (χ4n) is 3.93. The Hall–Kier alpha value is -3.92. The minimum absolute atomic E-state index is 0.177. The summed E-state index contributed by atoms with van der Waals surface area (Å²) in [5, 5.41) is 24.9. The summed E-state index contributed by atoms with van der Waals surface area (Å²) in [4.78, 5) is 2.29. The van der Waals surface area contributed by atoms with Crippen LogP contribution in [0.1, 0.15) is 30.1 Å². The lowest BCUT2D eigenvalue weighted by Gasteiger charge is -2.27. The van der Waals surface area contributed by atoms with Crippen LogP contribution in [0.5, 0.6) is 0 Å². The minimum Gasteiger partial charge on any atom is -0.339 e. The molecule has 142 valence electrons. The summed E-state index contributed by atoms with van der Waals surface area (Å²) in [6.07, 6.45) is 3.71. The molecule has 0 aliphatic carbocycles. The van der Waals surface area contributed by atoms with Crippen molar-refractivity contribution in [1.29, 1.82) is 5.26 Å². The second kappa shape index (κ2) is 6.60. The van der Waals surface area contributed by atoms with Gasteiger partial charge in [0, 0.05) is 29.9 Å². The van der Waals surface area contributed by atoms with Crippen LogP contribution in [0.2, 0.25) is 0 Å². The Morgan fingerprint density at radius 1 is 1.07 bits per heavy atom. The van der Waals surface area contributed by atoms with E-state index in [9.17, 15) is 0 Å². The zero-order valence-electron chi connectivity index (χ0n) is 16.2. The number of anilines is 2. The first-order valence-electron chi connectivity index (χ1n) is 9.49. The number of nitriles is 1. The van der Waals surface area contributed by atoms with Crippen LogP contribution in [0, 0.1) is 18.3 Å². The fourth-order valence-corrected chi connectivity index (χ4v) is 3.93. The highest BCUT2D eigenvalue weighted by Gasteiger charge is 2.28. The molecule has 1 aliphatic rings. The molecule has 0 saturated carbocycles. The molecule has 0 bridgehead atoms. The molecule has 0 spiro atoms. The summed E-state index contributed by atoms with van der Waals surface area (Å²) in [5.41, 5.74) is 5.92. The quantitative estimate of drug-likeness (QED) is 0.565. The Morgan fingerprint density at radius 2 is 1.90 bits per heavy atom. The van der Waals surface area contributed by atoms with Crippen LogP contribution in [0.3, 0.4) is 0 Å². The van der Waals surface area contributed by atoms with E-state index in [1.807, 2.05) is 43.6 Å². The van der Waals surface area contributed by atoms with Gasteiger partial charge >= 0.3 is 0 Å². The van der Waals surface area contributed by atoms with Gasteiger partial charge in [0.15, 0.2) is 0 Å². The largest absolute Gasteiger partial charge is 0.339 e. The number of nitrogens with one attached hydrogen (secondary N) is 1. The van der Waals surface area contributed by atoms with Crippen molar-refractivity contribution >= 4 is 11.4 Å². The van der Waals surface area contributed by atoms with Crippen molar-refractivity contribution in [2.75, 3.05) is 11.4 Å². The van der Waals surface area contributed by atoms with E-state index >= 15 is 0 Å². The van der Waals surface area contributed by atoms with E-state index in [0.29, 0.717) is 5.56 Å². The Kier molecular flexibility index (Phi) is 3.91. The number of aryl methyl sites for hydroxylation is 1. The van der Waals surface area contributed by atoms with Crippen LogP contribution in [-0.2, 0) is 0 Å². The molecule has 4 aromatic rings. The number of aromatic nitrogens is 5. The molecular weight excluding hydrogens is 362 g/mol. The molecule has 0 fully saturated rings. The van der Waals surface area contributed by atoms with Gasteiger partial charge in [-0.1, -0.05) is 13.0 Å². The van der Waals surface area contributed by atoms with Crippen molar-refractivity contribution < 1.29 is 0 Å². The molecule has 2 aromatic carbocycles. The van der Waals surface area contributed by atoms with Crippen molar-refractivity contribution in [2.45, 2.75) is 19.8 Å². The van der Waals surface area contributed by atoms with Crippen molar-refractivity contribution in [2.24, 2.45) is 0 Å². The lowest BCUT2D eigenvalue weighted by atomic mass is 10.1. The molecule has 0 radical (unpaired) electrons. The first kappa shape index (κ1) is 17.2. The summed E-state index contributed by atoms with van der Waals surface area (Å²) in [6.45, 7) is 4.90. The molecule has 2 aromatic heterocycles. The minimum atomic E-state index is 0.177. The van der Waals surface area contributed by atoms with Gasteiger partial charge in [-0.3, -0.25) is 9.67 Å². The van der Waals surface area contributed by atoms with E-state index in [1.54, 1.807) is 0 Å². The monoisotopic (exact) mass is 381 g/mol. The van der Waals surface area contributed by atoms with Crippen LogP contribution < -0.4 is 4.90 Å². The molecule has 5 rings (SSSR count). The molecule has 3 heterocycles. The SMILES string of the molecule is Cc1nnc2n1-c1ccc(-c3cn[nH]c3)cc1N(c1ccc(C#N)cc1)C[C@H]2C. The number of H-pyrrole nitrogens is 1. The highest BCUT2D eigenvalue weighted by molar-refractivity contribution is 5.79. The number of hydrogen-bond donors (Lipinski definition) is 1. The van der Waals surface area contributed by atoms with Crippen LogP contribution in [0.15, 0.2) is 54.9 Å². The second-order valence-corrected chi connectivity index (χ2v) is 7.30. The van der Waals surface area contributed by atoms with E-state index in [4.69, 9.17) is 5.26 Å². The fraction of sp³-hybridized carbons (Fsp3) is 0.182. The van der Waals surface area contributed by atoms with Crippen LogP contribution in [0.4, 0.5) is 11.4 Å². The van der Waals surface area contributed by atoms with Gasteiger partial charge < -0.3 is 4.90 Å². The van der Waals surface area contributed by atoms with Gasteiger partial charge in [-0.25, -0.2) is 0 Å². The lowest BCUT2D eigenvalue weighted by Crippen LogP contribution is -2.22. The van der Waals surface area contributed by atoms with Gasteiger partial charge in [0.25, 0.3) is 0 Å². The third-order valence-electron chi connectivity index (χ3n) is 5.39. The van der Waals surface area contributed by atoms with Crippen molar-refractivity contribution in [3.63, 3.8) is 0 Å². The molecule has 0 unspecified atom stereocenters. The number of benzene rings is 2. The number of nitrogens with zero attached hydrogens (tertiary/aromatic N) is 6. The molecule has 0 amide bonds. The number of fused-ring (bicyclic) bond motifs is 3. The van der Waals surface area contributed by atoms with Gasteiger partial charge in [-0.15, -0.1) is 10.2 Å². The molecule has 7 heteroatoms. The lowest BCUT2D eigenvalue weighted by molar-refractivity contribution is 0.696. The van der Waals surface area contributed by atoms with Crippen LogP contribution in [-0.4, -0.2) is 31.5 Å². The molecule has 29 heavy (non-hydrogen) atoms. The number of rotatable bonds is 2. The van der Waals surface area contributed by atoms with Gasteiger partial charge in [0.05, 0.1) is 29.2 Å². The van der Waals surface area contributed by atoms with E-state index < -0.39 is 0 Å². The smallest absolute Gasteiger partial charge is 0.142 e. The standard InChI is InChI=1S/C22H19N7/c1-14-13-28(19-6-3-16(10-23)4-7-19)21-9-17(18-11-24-25-12-18)5-8-20(21)29-15(2)26-27-22(14)29/h3-9,11-12,14H,13H2,1-2H3,(H,24,25)/t14-/m1/s1. The summed E-state index contributed by atoms with van der Waals surface area (Å²) < 4.78 is 2.14. The van der Waals surface area contributed by atoms with Crippen molar-refractivity contribution in [3.8, 4) is 22.9 Å². The van der Waals surface area contributed by atoms with E-state index in [1.165, 1.54) is 0 Å². The van der Waals surface area contributed by atoms with Crippen LogP contribution >= 0.6 is 0 Å². The van der Waals surface area contributed by atoms with Gasteiger partial charge in [-0.05, 0) is 48.9 Å². The van der Waals surface area contributed by atoms with E-state index in [-0.39, 0.29) is 5.92 Å². The maximum Gasteiger partial charge on any atom is 0.142 e. The normalized spacial score (nSPS) is 15.3. The zero-order chi connectivity index (χ0) is 20.0. The van der Waals surface area contributed by atoms with Crippen molar-refractivity contribution in [3.05, 3.63) is 72.1 Å². The van der Waals surface area contributed by atoms with E-state index in [2.05, 4.69) is 61.1 Å². The predicted octanol–water partition coefficient (Wildman–Crippen LogP) is 4.09.